The van der Waals surface area contributed by atoms with Crippen LogP contribution in [0.3, 0.4) is 0 Å². The van der Waals surface area contributed by atoms with Gasteiger partial charge in [0.1, 0.15) is 11.1 Å². The van der Waals surface area contributed by atoms with Gasteiger partial charge in [-0.05, 0) is 56.1 Å². The normalized spacial score (nSPS) is 11.7. The lowest BCUT2D eigenvalue weighted by Gasteiger charge is -2.13. The van der Waals surface area contributed by atoms with Crippen molar-refractivity contribution < 1.29 is 4.42 Å². The van der Waals surface area contributed by atoms with Gasteiger partial charge in [-0.25, -0.2) is 15.0 Å². The molecule has 0 saturated carbocycles. The zero-order chi connectivity index (χ0) is 32.3. The fraction of sp³-hybridized carbons (Fsp3) is 0. The quantitative estimate of drug-likeness (QED) is 0.182. The molecule has 5 heteroatoms. The van der Waals surface area contributed by atoms with E-state index in [1.165, 1.54) is 26.9 Å². The predicted molar refractivity (Wildman–Crippen MR) is 199 cm³/mol. The van der Waals surface area contributed by atoms with Crippen LogP contribution in [0.25, 0.3) is 99.7 Å². The second kappa shape index (κ2) is 10.9. The molecule has 10 aromatic rings. The highest BCUT2D eigenvalue weighted by Crippen LogP contribution is 2.43. The molecule has 0 N–H and O–H groups in total. The standard InChI is InChI=1S/C44H26N4O/c1-3-13-28(14-4-1)42-46-43(29-15-5-2-6-16-29)48-44(47-42)35-20-11-21-37-39(35)40-41(49-37)34(24-25-45-40)36-26-30-23-22-27-12-7-8-17-31(27)38(30)33-19-10-9-18-32(33)36/h1-26H. The van der Waals surface area contributed by atoms with Crippen LogP contribution in [0.1, 0.15) is 0 Å². The van der Waals surface area contributed by atoms with E-state index in [1.54, 1.807) is 0 Å². The first-order valence-electron chi connectivity index (χ1n) is 16.3. The van der Waals surface area contributed by atoms with Crippen molar-refractivity contribution in [2.24, 2.45) is 0 Å². The lowest BCUT2D eigenvalue weighted by Crippen LogP contribution is -2.00. The molecule has 0 saturated heterocycles. The van der Waals surface area contributed by atoms with Crippen LogP contribution in [-0.4, -0.2) is 19.9 Å². The summed E-state index contributed by atoms with van der Waals surface area (Å²) in [5, 5.41) is 8.16. The van der Waals surface area contributed by atoms with E-state index in [2.05, 4.69) is 72.8 Å². The maximum Gasteiger partial charge on any atom is 0.164 e. The van der Waals surface area contributed by atoms with E-state index in [0.717, 1.165) is 55.3 Å². The summed E-state index contributed by atoms with van der Waals surface area (Å²) < 4.78 is 6.73. The zero-order valence-electron chi connectivity index (χ0n) is 26.2. The van der Waals surface area contributed by atoms with Gasteiger partial charge in [0.15, 0.2) is 23.1 Å². The van der Waals surface area contributed by atoms with Crippen LogP contribution >= 0.6 is 0 Å². The largest absolute Gasteiger partial charge is 0.454 e. The molecule has 0 unspecified atom stereocenters. The Labute approximate surface area is 281 Å². The molecule has 3 heterocycles. The van der Waals surface area contributed by atoms with Crippen molar-refractivity contribution in [3.8, 4) is 45.3 Å². The fourth-order valence-corrected chi connectivity index (χ4v) is 7.13. The molecule has 49 heavy (non-hydrogen) atoms. The number of fused-ring (bicyclic) bond motifs is 8. The molecule has 0 aliphatic rings. The molecule has 0 fully saturated rings. The molecule has 7 aromatic carbocycles. The van der Waals surface area contributed by atoms with Gasteiger partial charge in [0.05, 0.1) is 5.39 Å². The SMILES string of the molecule is c1ccc(-c2nc(-c3ccccc3)nc(-c3cccc4oc5c(-c6cc7ccc8ccccc8c7c7ccccc67)ccnc5c34)n2)cc1. The second-order valence-corrected chi connectivity index (χ2v) is 12.2. The van der Waals surface area contributed by atoms with E-state index in [-0.39, 0.29) is 0 Å². The van der Waals surface area contributed by atoms with Crippen LogP contribution in [0.4, 0.5) is 0 Å². The smallest absolute Gasteiger partial charge is 0.164 e. The summed E-state index contributed by atoms with van der Waals surface area (Å²) in [5.41, 5.74) is 7.00. The van der Waals surface area contributed by atoms with Gasteiger partial charge in [0.2, 0.25) is 0 Å². The van der Waals surface area contributed by atoms with Crippen molar-refractivity contribution in [2.45, 2.75) is 0 Å². The minimum absolute atomic E-state index is 0.566. The molecular formula is C44H26N4O. The minimum Gasteiger partial charge on any atom is -0.454 e. The van der Waals surface area contributed by atoms with E-state index in [9.17, 15) is 0 Å². The summed E-state index contributed by atoms with van der Waals surface area (Å²) in [7, 11) is 0. The predicted octanol–water partition coefficient (Wildman–Crippen LogP) is 11.3. The van der Waals surface area contributed by atoms with Gasteiger partial charge in [0.25, 0.3) is 0 Å². The topological polar surface area (TPSA) is 64.7 Å². The maximum absolute atomic E-state index is 6.73. The zero-order valence-corrected chi connectivity index (χ0v) is 26.2. The van der Waals surface area contributed by atoms with Crippen molar-refractivity contribution in [3.63, 3.8) is 0 Å². The average molecular weight is 627 g/mol. The number of pyridine rings is 1. The Kier molecular flexibility index (Phi) is 6.11. The van der Waals surface area contributed by atoms with Crippen molar-refractivity contribution >= 4 is 54.4 Å². The number of hydrogen-bond donors (Lipinski definition) is 0. The first-order chi connectivity index (χ1) is 24.3. The van der Waals surface area contributed by atoms with Crippen molar-refractivity contribution in [1.29, 1.82) is 0 Å². The maximum atomic E-state index is 6.73. The average Bonchev–Trinajstić information content (AvgIpc) is 3.57. The highest BCUT2D eigenvalue weighted by Gasteiger charge is 2.21. The fourth-order valence-electron chi connectivity index (χ4n) is 7.13. The summed E-state index contributed by atoms with van der Waals surface area (Å²) in [5.74, 6) is 1.78. The van der Waals surface area contributed by atoms with E-state index in [0.29, 0.717) is 17.5 Å². The monoisotopic (exact) mass is 626 g/mol. The summed E-state index contributed by atoms with van der Waals surface area (Å²) in [4.78, 5) is 19.9. The molecule has 5 nitrogen and oxygen atoms in total. The molecule has 0 aliphatic heterocycles. The van der Waals surface area contributed by atoms with Crippen LogP contribution < -0.4 is 0 Å². The number of furan rings is 1. The Bertz CT molecular complexity index is 2820. The Hall–Kier alpha value is -6.72. The molecular weight excluding hydrogens is 601 g/mol. The Balaban J connectivity index is 1.23. The molecule has 0 atom stereocenters. The lowest BCUT2D eigenvalue weighted by atomic mass is 9.90. The van der Waals surface area contributed by atoms with Gasteiger partial charge in [0, 0.05) is 28.5 Å². The summed E-state index contributed by atoms with van der Waals surface area (Å²) >= 11 is 0. The van der Waals surface area contributed by atoms with E-state index in [1.807, 2.05) is 85.1 Å². The van der Waals surface area contributed by atoms with Crippen molar-refractivity contribution in [3.05, 3.63) is 158 Å². The number of aromatic nitrogens is 4. The van der Waals surface area contributed by atoms with Crippen LogP contribution in [0.15, 0.2) is 162 Å². The van der Waals surface area contributed by atoms with E-state index < -0.39 is 0 Å². The van der Waals surface area contributed by atoms with Gasteiger partial charge in [-0.1, -0.05) is 133 Å². The molecule has 0 aliphatic carbocycles. The van der Waals surface area contributed by atoms with E-state index >= 15 is 0 Å². The highest BCUT2D eigenvalue weighted by atomic mass is 16.3. The van der Waals surface area contributed by atoms with Gasteiger partial charge in [-0.3, -0.25) is 4.98 Å². The van der Waals surface area contributed by atoms with Gasteiger partial charge in [-0.2, -0.15) is 0 Å². The lowest BCUT2D eigenvalue weighted by molar-refractivity contribution is 0.669. The number of hydrogen-bond acceptors (Lipinski definition) is 5. The number of rotatable bonds is 4. The summed E-state index contributed by atoms with van der Waals surface area (Å²) in [6.45, 7) is 0. The molecule has 10 rings (SSSR count). The molecule has 0 spiro atoms. The van der Waals surface area contributed by atoms with Crippen LogP contribution in [0.5, 0.6) is 0 Å². The van der Waals surface area contributed by atoms with Crippen LogP contribution in [-0.2, 0) is 0 Å². The van der Waals surface area contributed by atoms with Gasteiger partial charge in [-0.15, -0.1) is 0 Å². The Morgan fingerprint density at radius 1 is 0.408 bits per heavy atom. The third-order valence-electron chi connectivity index (χ3n) is 9.36. The molecule has 0 amide bonds. The van der Waals surface area contributed by atoms with Crippen molar-refractivity contribution in [2.75, 3.05) is 0 Å². The van der Waals surface area contributed by atoms with Gasteiger partial charge < -0.3 is 4.42 Å². The summed E-state index contributed by atoms with van der Waals surface area (Å²) in [6, 6.07) is 52.1. The molecule has 0 radical (unpaired) electrons. The second-order valence-electron chi connectivity index (χ2n) is 12.2. The third-order valence-corrected chi connectivity index (χ3v) is 9.36. The number of benzene rings is 7. The molecule has 228 valence electrons. The molecule has 0 bridgehead atoms. The number of nitrogens with zero attached hydrogens (tertiary/aromatic N) is 4. The van der Waals surface area contributed by atoms with Crippen LogP contribution in [0, 0.1) is 0 Å². The minimum atomic E-state index is 0.566. The third kappa shape index (κ3) is 4.40. The highest BCUT2D eigenvalue weighted by molar-refractivity contribution is 6.24. The van der Waals surface area contributed by atoms with Gasteiger partial charge >= 0.3 is 0 Å². The Morgan fingerprint density at radius 2 is 1.04 bits per heavy atom. The first kappa shape index (κ1) is 27.4. The summed E-state index contributed by atoms with van der Waals surface area (Å²) in [6.07, 6.45) is 1.88. The van der Waals surface area contributed by atoms with E-state index in [4.69, 9.17) is 24.4 Å². The molecule has 3 aromatic heterocycles. The Morgan fingerprint density at radius 3 is 1.80 bits per heavy atom. The van der Waals surface area contributed by atoms with Crippen LogP contribution in [0.2, 0.25) is 0 Å². The van der Waals surface area contributed by atoms with Crippen molar-refractivity contribution in [1.82, 2.24) is 19.9 Å². The first-order valence-corrected chi connectivity index (χ1v) is 16.3.